The Kier molecular flexibility index (Phi) is 4.34. The van der Waals surface area contributed by atoms with Crippen molar-refractivity contribution < 1.29 is 8.60 Å². The number of aromatic nitrogens is 4. The summed E-state index contributed by atoms with van der Waals surface area (Å²) in [5.74, 6) is 0.655. The molecule has 0 N–H and O–H groups in total. The van der Waals surface area contributed by atoms with Gasteiger partial charge in [0.1, 0.15) is 5.82 Å². The van der Waals surface area contributed by atoms with Crippen LogP contribution in [0.4, 0.5) is 4.39 Å². The number of hydrogen-bond donors (Lipinski definition) is 0. The molecule has 5 nitrogen and oxygen atoms in total. The van der Waals surface area contributed by atoms with Crippen molar-refractivity contribution in [2.45, 2.75) is 11.5 Å². The highest BCUT2D eigenvalue weighted by molar-refractivity contribution is 7.83. The van der Waals surface area contributed by atoms with E-state index in [9.17, 15) is 8.60 Å². The maximum atomic E-state index is 13.1. The second-order valence-corrected chi connectivity index (χ2v) is 6.16. The Morgan fingerprint density at radius 1 is 1.05 bits per heavy atom. The number of rotatable bonds is 5. The Hall–Kier alpha value is -2.41. The van der Waals surface area contributed by atoms with Crippen molar-refractivity contribution in [3.05, 3.63) is 71.8 Å². The van der Waals surface area contributed by atoms with E-state index in [1.165, 1.54) is 12.1 Å². The second-order valence-electron chi connectivity index (χ2n) is 4.70. The molecule has 3 rings (SSSR count). The quantitative estimate of drug-likeness (QED) is 0.724. The fourth-order valence-corrected chi connectivity index (χ4v) is 3.19. The zero-order valence-electron chi connectivity index (χ0n) is 11.6. The molecule has 1 heterocycles. The molecule has 0 spiro atoms. The van der Waals surface area contributed by atoms with E-state index in [4.69, 9.17) is 0 Å². The van der Waals surface area contributed by atoms with E-state index in [0.29, 0.717) is 11.4 Å². The van der Waals surface area contributed by atoms with Crippen LogP contribution < -0.4 is 0 Å². The van der Waals surface area contributed by atoms with Crippen LogP contribution in [0.3, 0.4) is 0 Å². The van der Waals surface area contributed by atoms with Crippen LogP contribution in [-0.4, -0.2) is 24.4 Å². The van der Waals surface area contributed by atoms with Crippen molar-refractivity contribution in [3.63, 3.8) is 0 Å². The monoisotopic (exact) mass is 316 g/mol. The molecule has 0 aliphatic rings. The number of hydrogen-bond acceptors (Lipinski definition) is 4. The lowest BCUT2D eigenvalue weighted by Gasteiger charge is -2.05. The average Bonchev–Trinajstić information content (AvgIpc) is 2.96. The highest BCUT2D eigenvalue weighted by Crippen LogP contribution is 2.12. The number of benzene rings is 2. The summed E-state index contributed by atoms with van der Waals surface area (Å²) in [5, 5.41) is 11.5. The van der Waals surface area contributed by atoms with E-state index in [1.54, 1.807) is 16.8 Å². The molecule has 0 aliphatic carbocycles. The van der Waals surface area contributed by atoms with Gasteiger partial charge < -0.3 is 0 Å². The van der Waals surface area contributed by atoms with E-state index in [0.717, 1.165) is 5.69 Å². The van der Waals surface area contributed by atoms with Crippen LogP contribution >= 0.6 is 0 Å². The summed E-state index contributed by atoms with van der Waals surface area (Å²) >= 11 is 0. The summed E-state index contributed by atoms with van der Waals surface area (Å²) < 4.78 is 27.0. The highest BCUT2D eigenvalue weighted by Gasteiger charge is 2.12. The lowest BCUT2D eigenvalue weighted by atomic mass is 10.2. The van der Waals surface area contributed by atoms with Gasteiger partial charge in [-0.05, 0) is 40.3 Å². The van der Waals surface area contributed by atoms with Gasteiger partial charge in [-0.1, -0.05) is 30.3 Å². The van der Waals surface area contributed by atoms with Gasteiger partial charge in [-0.15, -0.1) is 5.10 Å². The molecular formula is C15H13FN4OS. The Bertz CT molecular complexity index is 791. The molecule has 112 valence electrons. The van der Waals surface area contributed by atoms with E-state index in [-0.39, 0.29) is 17.3 Å². The van der Waals surface area contributed by atoms with Gasteiger partial charge in [-0.25, -0.2) is 4.39 Å². The van der Waals surface area contributed by atoms with Gasteiger partial charge in [0.15, 0.2) is 5.82 Å². The lowest BCUT2D eigenvalue weighted by molar-refractivity contribution is 0.626. The van der Waals surface area contributed by atoms with Gasteiger partial charge in [0, 0.05) is 16.6 Å². The van der Waals surface area contributed by atoms with Crippen LogP contribution in [0.15, 0.2) is 54.6 Å². The van der Waals surface area contributed by atoms with Gasteiger partial charge in [0.25, 0.3) is 0 Å². The van der Waals surface area contributed by atoms with E-state index in [1.807, 2.05) is 30.3 Å². The van der Waals surface area contributed by atoms with Crippen LogP contribution in [0, 0.1) is 5.82 Å². The van der Waals surface area contributed by atoms with Crippen molar-refractivity contribution >= 4 is 10.8 Å². The maximum absolute atomic E-state index is 13.1. The summed E-state index contributed by atoms with van der Waals surface area (Å²) in [7, 11) is -1.22. The maximum Gasteiger partial charge on any atom is 0.169 e. The smallest absolute Gasteiger partial charge is 0.169 e. The third-order valence-corrected chi connectivity index (χ3v) is 4.28. The van der Waals surface area contributed by atoms with E-state index >= 15 is 0 Å². The van der Waals surface area contributed by atoms with Crippen molar-refractivity contribution in [2.75, 3.05) is 0 Å². The van der Waals surface area contributed by atoms with Gasteiger partial charge in [0.05, 0.1) is 11.4 Å². The lowest BCUT2D eigenvalue weighted by Crippen LogP contribution is -2.07. The number of para-hydroxylation sites is 1. The minimum atomic E-state index is -1.22. The summed E-state index contributed by atoms with van der Waals surface area (Å²) in [6.45, 7) is 0. The average molecular weight is 316 g/mol. The Morgan fingerprint density at radius 2 is 1.86 bits per heavy atom. The number of tetrazole rings is 1. The first-order valence-electron chi connectivity index (χ1n) is 6.64. The first-order valence-corrected chi connectivity index (χ1v) is 8.13. The van der Waals surface area contributed by atoms with Crippen LogP contribution in [0.5, 0.6) is 0 Å². The number of halogens is 1. The van der Waals surface area contributed by atoms with Crippen molar-refractivity contribution in [1.29, 1.82) is 0 Å². The second kappa shape index (κ2) is 6.57. The minimum Gasteiger partial charge on any atom is -0.259 e. The Balaban J connectivity index is 1.74. The summed E-state index contributed by atoms with van der Waals surface area (Å²) in [6, 6.07) is 15.5. The molecule has 0 aliphatic heterocycles. The third-order valence-electron chi connectivity index (χ3n) is 3.04. The zero-order chi connectivity index (χ0) is 15.4. The molecule has 1 unspecified atom stereocenters. The fraction of sp³-hybridized carbons (Fsp3) is 0.133. The number of nitrogens with zero attached hydrogens (tertiary/aromatic N) is 4. The molecule has 2 aromatic carbocycles. The molecule has 1 aromatic heterocycles. The van der Waals surface area contributed by atoms with E-state index in [2.05, 4.69) is 15.5 Å². The van der Waals surface area contributed by atoms with Crippen LogP contribution in [0.1, 0.15) is 11.4 Å². The van der Waals surface area contributed by atoms with E-state index < -0.39 is 10.8 Å². The molecule has 3 aromatic rings. The van der Waals surface area contributed by atoms with Crippen LogP contribution in [-0.2, 0) is 22.3 Å². The summed E-state index contributed by atoms with van der Waals surface area (Å²) in [4.78, 5) is 0. The zero-order valence-corrected chi connectivity index (χ0v) is 12.4. The first kappa shape index (κ1) is 14.5. The Morgan fingerprint density at radius 3 is 2.64 bits per heavy atom. The molecule has 0 saturated heterocycles. The van der Waals surface area contributed by atoms with Crippen LogP contribution in [0.2, 0.25) is 0 Å². The predicted octanol–water partition coefficient (Wildman–Crippen LogP) is 2.25. The molecule has 0 bridgehead atoms. The Labute approximate surface area is 129 Å². The standard InChI is InChI=1S/C15H13FN4OS/c16-13-6-4-5-12(9-13)10-22(21)11-15-17-18-19-20(15)14-7-2-1-3-8-14/h1-9H,10-11H2. The molecule has 0 saturated carbocycles. The first-order chi connectivity index (χ1) is 10.7. The molecule has 1 atom stereocenters. The van der Waals surface area contributed by atoms with Gasteiger partial charge in [-0.3, -0.25) is 4.21 Å². The van der Waals surface area contributed by atoms with Gasteiger partial charge in [-0.2, -0.15) is 4.68 Å². The fourth-order valence-electron chi connectivity index (χ4n) is 2.07. The summed E-state index contributed by atoms with van der Waals surface area (Å²) in [6.07, 6.45) is 0. The normalized spacial score (nSPS) is 12.2. The van der Waals surface area contributed by atoms with Crippen molar-refractivity contribution in [3.8, 4) is 5.69 Å². The highest BCUT2D eigenvalue weighted by atomic mass is 32.2. The SMILES string of the molecule is O=S(Cc1cccc(F)c1)Cc1nnnn1-c1ccccc1. The van der Waals surface area contributed by atoms with Crippen LogP contribution in [0.25, 0.3) is 5.69 Å². The van der Waals surface area contributed by atoms with Gasteiger partial charge in [0.2, 0.25) is 0 Å². The van der Waals surface area contributed by atoms with Gasteiger partial charge >= 0.3 is 0 Å². The molecule has 0 amide bonds. The molecular weight excluding hydrogens is 303 g/mol. The topological polar surface area (TPSA) is 60.7 Å². The van der Waals surface area contributed by atoms with Crippen molar-refractivity contribution in [2.24, 2.45) is 0 Å². The predicted molar refractivity (Wildman–Crippen MR) is 81.1 cm³/mol. The molecule has 0 radical (unpaired) electrons. The molecule has 0 fully saturated rings. The van der Waals surface area contributed by atoms with Crippen molar-refractivity contribution in [1.82, 2.24) is 20.2 Å². The molecule has 22 heavy (non-hydrogen) atoms. The largest absolute Gasteiger partial charge is 0.259 e. The third kappa shape index (κ3) is 3.43. The summed E-state index contributed by atoms with van der Waals surface area (Å²) in [5.41, 5.74) is 1.50. The molecule has 7 heteroatoms. The minimum absolute atomic E-state index is 0.207.